The lowest BCUT2D eigenvalue weighted by atomic mass is 9.75. The molecule has 1 aromatic rings. The van der Waals surface area contributed by atoms with Crippen molar-refractivity contribution in [3.8, 4) is 0 Å². The summed E-state index contributed by atoms with van der Waals surface area (Å²) in [5.74, 6) is 0.800. The number of hydrogen-bond donors (Lipinski definition) is 1. The number of hydrogen-bond acceptors (Lipinski definition) is 4. The number of thiazole rings is 1. The van der Waals surface area contributed by atoms with Crippen LogP contribution in [0.5, 0.6) is 0 Å². The molecule has 0 aromatic carbocycles. The van der Waals surface area contributed by atoms with Crippen LogP contribution in [0.4, 0.5) is 0 Å². The highest BCUT2D eigenvalue weighted by molar-refractivity contribution is 7.11. The van der Waals surface area contributed by atoms with Crippen LogP contribution in [-0.4, -0.2) is 40.5 Å². The zero-order chi connectivity index (χ0) is 16.0. The van der Waals surface area contributed by atoms with Crippen LogP contribution >= 0.6 is 11.3 Å². The third-order valence-electron chi connectivity index (χ3n) is 5.78. The molecule has 126 valence electrons. The summed E-state index contributed by atoms with van der Waals surface area (Å²) in [5.41, 5.74) is 0.928. The second kappa shape index (κ2) is 5.85. The summed E-state index contributed by atoms with van der Waals surface area (Å²) >= 11 is 1.82. The van der Waals surface area contributed by atoms with Gasteiger partial charge in [-0.3, -0.25) is 4.79 Å². The number of aryl methyl sites for hydroxylation is 2. The molecule has 2 heterocycles. The fourth-order valence-electron chi connectivity index (χ4n) is 3.91. The molecule has 1 saturated heterocycles. The third-order valence-corrected chi connectivity index (χ3v) is 7.01. The maximum atomic E-state index is 13.2. The molecule has 4 rings (SSSR count). The second-order valence-corrected chi connectivity index (χ2v) is 8.87. The van der Waals surface area contributed by atoms with Gasteiger partial charge in [-0.05, 0) is 58.8 Å². The zero-order valence-corrected chi connectivity index (χ0v) is 15.0. The number of amides is 1. The van der Waals surface area contributed by atoms with Crippen LogP contribution in [0.1, 0.15) is 66.4 Å². The molecule has 2 saturated carbocycles. The van der Waals surface area contributed by atoms with E-state index in [0.717, 1.165) is 38.0 Å². The number of aromatic nitrogens is 1. The Morgan fingerprint density at radius 1 is 1.26 bits per heavy atom. The number of piperidine rings is 1. The van der Waals surface area contributed by atoms with Gasteiger partial charge in [0.15, 0.2) is 0 Å². The Hall–Kier alpha value is -0.940. The van der Waals surface area contributed by atoms with Gasteiger partial charge < -0.3 is 10.2 Å². The smallest absolute Gasteiger partial charge is 0.242 e. The highest BCUT2D eigenvalue weighted by Crippen LogP contribution is 2.39. The molecule has 3 aliphatic rings. The van der Waals surface area contributed by atoms with Gasteiger partial charge in [0.2, 0.25) is 5.91 Å². The van der Waals surface area contributed by atoms with Gasteiger partial charge in [-0.15, -0.1) is 11.3 Å². The third kappa shape index (κ3) is 2.93. The predicted octanol–water partition coefficient (Wildman–Crippen LogP) is 3.14. The van der Waals surface area contributed by atoms with Crippen molar-refractivity contribution in [3.63, 3.8) is 0 Å². The summed E-state index contributed by atoms with van der Waals surface area (Å²) in [6.45, 7) is 6.02. The zero-order valence-electron chi connectivity index (χ0n) is 14.2. The number of likely N-dealkylation sites (tertiary alicyclic amines) is 1. The maximum absolute atomic E-state index is 13.2. The molecule has 2 aliphatic carbocycles. The molecule has 5 heteroatoms. The summed E-state index contributed by atoms with van der Waals surface area (Å²) in [5, 5.41) is 4.90. The minimum absolute atomic E-state index is 0.224. The van der Waals surface area contributed by atoms with Gasteiger partial charge in [-0.25, -0.2) is 4.98 Å². The Bertz CT molecular complexity index is 584. The largest absolute Gasteiger partial charge is 0.340 e. The Morgan fingerprint density at radius 2 is 2.04 bits per heavy atom. The molecule has 23 heavy (non-hydrogen) atoms. The van der Waals surface area contributed by atoms with E-state index in [-0.39, 0.29) is 5.54 Å². The predicted molar refractivity (Wildman–Crippen MR) is 92.9 cm³/mol. The summed E-state index contributed by atoms with van der Waals surface area (Å²) in [6.07, 6.45) is 8.00. The summed E-state index contributed by atoms with van der Waals surface area (Å²) in [6, 6.07) is 0.601. The molecular formula is C18H27N3OS. The van der Waals surface area contributed by atoms with Crippen LogP contribution in [0.25, 0.3) is 0 Å². The van der Waals surface area contributed by atoms with Gasteiger partial charge in [0.1, 0.15) is 0 Å². The van der Waals surface area contributed by atoms with E-state index in [1.54, 1.807) is 0 Å². The van der Waals surface area contributed by atoms with E-state index in [0.29, 0.717) is 17.9 Å². The standard InChI is InChI=1S/C18H27N3OS/c1-12-13(2)23-16(19-12)14-5-3-10-21(11-14)17(22)18(8-4-9-18)20-15-6-7-15/h14-15,20H,3-11H2,1-2H3. The van der Waals surface area contributed by atoms with Crippen molar-refractivity contribution in [1.29, 1.82) is 0 Å². The van der Waals surface area contributed by atoms with Crippen molar-refractivity contribution in [1.82, 2.24) is 15.2 Å². The summed E-state index contributed by atoms with van der Waals surface area (Å²) in [7, 11) is 0. The minimum atomic E-state index is -0.224. The normalized spacial score (nSPS) is 26.9. The first-order chi connectivity index (χ1) is 11.1. The fourth-order valence-corrected chi connectivity index (χ4v) is 4.96. The monoisotopic (exact) mass is 333 g/mol. The molecule has 1 atom stereocenters. The van der Waals surface area contributed by atoms with Crippen molar-refractivity contribution in [3.05, 3.63) is 15.6 Å². The molecule has 0 radical (unpaired) electrons. The molecule has 1 aromatic heterocycles. The van der Waals surface area contributed by atoms with E-state index in [9.17, 15) is 4.79 Å². The van der Waals surface area contributed by atoms with Crippen molar-refractivity contribution in [2.24, 2.45) is 0 Å². The van der Waals surface area contributed by atoms with E-state index in [1.807, 2.05) is 11.3 Å². The molecule has 4 nitrogen and oxygen atoms in total. The van der Waals surface area contributed by atoms with E-state index >= 15 is 0 Å². The van der Waals surface area contributed by atoms with Crippen molar-refractivity contribution in [2.75, 3.05) is 13.1 Å². The van der Waals surface area contributed by atoms with Crippen molar-refractivity contribution >= 4 is 17.2 Å². The Balaban J connectivity index is 1.47. The summed E-state index contributed by atoms with van der Waals surface area (Å²) < 4.78 is 0. The van der Waals surface area contributed by atoms with E-state index < -0.39 is 0 Å². The molecule has 3 fully saturated rings. The highest BCUT2D eigenvalue weighted by Gasteiger charge is 2.49. The average Bonchev–Trinajstić information content (AvgIpc) is 3.27. The molecule has 1 unspecified atom stereocenters. The first kappa shape index (κ1) is 15.6. The number of carbonyl (C=O) groups is 1. The molecule has 1 amide bonds. The molecule has 0 spiro atoms. The lowest BCUT2D eigenvalue weighted by molar-refractivity contribution is -0.143. The highest BCUT2D eigenvalue weighted by atomic mass is 32.1. The van der Waals surface area contributed by atoms with Crippen LogP contribution in [0.3, 0.4) is 0 Å². The summed E-state index contributed by atoms with van der Waals surface area (Å²) in [4.78, 5) is 21.4. The minimum Gasteiger partial charge on any atom is -0.340 e. The first-order valence-corrected chi connectivity index (χ1v) is 9.90. The van der Waals surface area contributed by atoms with Gasteiger partial charge >= 0.3 is 0 Å². The first-order valence-electron chi connectivity index (χ1n) is 9.08. The van der Waals surface area contributed by atoms with Crippen molar-refractivity contribution < 1.29 is 4.79 Å². The van der Waals surface area contributed by atoms with Crippen molar-refractivity contribution in [2.45, 2.75) is 76.3 Å². The number of nitrogens with zero attached hydrogens (tertiary/aromatic N) is 2. The van der Waals surface area contributed by atoms with Crippen LogP contribution in [0.15, 0.2) is 0 Å². The van der Waals surface area contributed by atoms with Crippen LogP contribution in [0, 0.1) is 13.8 Å². The molecule has 1 aliphatic heterocycles. The van der Waals surface area contributed by atoms with Gasteiger partial charge in [0, 0.05) is 29.9 Å². The maximum Gasteiger partial charge on any atom is 0.242 e. The molecule has 0 bridgehead atoms. The fraction of sp³-hybridized carbons (Fsp3) is 0.778. The van der Waals surface area contributed by atoms with E-state index in [4.69, 9.17) is 4.98 Å². The lowest BCUT2D eigenvalue weighted by Gasteiger charge is -2.46. The Morgan fingerprint density at radius 3 is 2.61 bits per heavy atom. The van der Waals surface area contributed by atoms with Crippen LogP contribution in [0.2, 0.25) is 0 Å². The lowest BCUT2D eigenvalue weighted by Crippen LogP contribution is -2.63. The quantitative estimate of drug-likeness (QED) is 0.921. The van der Waals surface area contributed by atoms with E-state index in [1.165, 1.54) is 35.6 Å². The van der Waals surface area contributed by atoms with Gasteiger partial charge in [0.25, 0.3) is 0 Å². The molecular weight excluding hydrogens is 306 g/mol. The Labute approximate surface area is 142 Å². The number of rotatable bonds is 4. The van der Waals surface area contributed by atoms with Crippen LogP contribution in [-0.2, 0) is 4.79 Å². The second-order valence-electron chi connectivity index (χ2n) is 7.64. The number of carbonyl (C=O) groups excluding carboxylic acids is 1. The SMILES string of the molecule is Cc1nc(C2CCCN(C(=O)C3(NC4CC4)CCC3)C2)sc1C. The van der Waals surface area contributed by atoms with E-state index in [2.05, 4.69) is 24.1 Å². The topological polar surface area (TPSA) is 45.2 Å². The van der Waals surface area contributed by atoms with Crippen LogP contribution < -0.4 is 5.32 Å². The van der Waals surface area contributed by atoms with Gasteiger partial charge in [-0.2, -0.15) is 0 Å². The Kier molecular flexibility index (Phi) is 3.96. The van der Waals surface area contributed by atoms with Gasteiger partial charge in [0.05, 0.1) is 16.2 Å². The average molecular weight is 334 g/mol. The molecule has 1 N–H and O–H groups in total. The van der Waals surface area contributed by atoms with Gasteiger partial charge in [-0.1, -0.05) is 0 Å². The number of nitrogens with one attached hydrogen (secondary N) is 1.